The van der Waals surface area contributed by atoms with E-state index in [1.807, 2.05) is 19.1 Å². The molecule has 0 aliphatic carbocycles. The summed E-state index contributed by atoms with van der Waals surface area (Å²) < 4.78 is 0. The van der Waals surface area contributed by atoms with Crippen molar-refractivity contribution in [3.8, 4) is 0 Å². The van der Waals surface area contributed by atoms with Crippen molar-refractivity contribution in [2.24, 2.45) is 0 Å². The second-order valence-electron chi connectivity index (χ2n) is 3.69. The van der Waals surface area contributed by atoms with Crippen LogP contribution >= 0.6 is 0 Å². The van der Waals surface area contributed by atoms with Gasteiger partial charge in [0.25, 0.3) is 0 Å². The monoisotopic (exact) mass is 186 g/mol. The Morgan fingerprint density at radius 2 is 1.79 bits per heavy atom. The van der Waals surface area contributed by atoms with Crippen molar-refractivity contribution in [1.82, 2.24) is 0 Å². The molecule has 2 rings (SSSR count). The van der Waals surface area contributed by atoms with Gasteiger partial charge in [0, 0.05) is 12.5 Å². The maximum atomic E-state index is 9.06. The molecule has 2 aromatic rings. The van der Waals surface area contributed by atoms with Gasteiger partial charge >= 0.3 is 0 Å². The minimum atomic E-state index is 0.207. The number of rotatable bonds is 2. The van der Waals surface area contributed by atoms with Crippen LogP contribution in [0.4, 0.5) is 0 Å². The topological polar surface area (TPSA) is 20.2 Å². The number of hydrogen-bond donors (Lipinski definition) is 1. The molecule has 1 nitrogen and oxygen atoms in total. The van der Waals surface area contributed by atoms with Crippen LogP contribution in [0.15, 0.2) is 42.5 Å². The van der Waals surface area contributed by atoms with E-state index in [-0.39, 0.29) is 12.5 Å². The van der Waals surface area contributed by atoms with E-state index in [1.54, 1.807) is 0 Å². The summed E-state index contributed by atoms with van der Waals surface area (Å²) in [6, 6.07) is 14.6. The molecule has 72 valence electrons. The fraction of sp³-hybridized carbons (Fsp3) is 0.231. The van der Waals surface area contributed by atoms with Crippen LogP contribution in [-0.2, 0) is 0 Å². The van der Waals surface area contributed by atoms with Gasteiger partial charge in [-0.05, 0) is 16.3 Å². The van der Waals surface area contributed by atoms with Crippen molar-refractivity contribution in [2.45, 2.75) is 12.8 Å². The first-order chi connectivity index (χ1) is 6.81. The molecule has 1 atom stereocenters. The second kappa shape index (κ2) is 3.81. The van der Waals surface area contributed by atoms with Gasteiger partial charge in [0.15, 0.2) is 0 Å². The van der Waals surface area contributed by atoms with Crippen LogP contribution < -0.4 is 0 Å². The fourth-order valence-corrected chi connectivity index (χ4v) is 1.62. The van der Waals surface area contributed by atoms with Crippen LogP contribution in [0.25, 0.3) is 10.8 Å². The Bertz CT molecular complexity index is 434. The molecule has 0 heterocycles. The highest BCUT2D eigenvalue weighted by molar-refractivity contribution is 5.83. The molecule has 0 spiro atoms. The van der Waals surface area contributed by atoms with Gasteiger partial charge < -0.3 is 5.11 Å². The van der Waals surface area contributed by atoms with Crippen molar-refractivity contribution in [3.63, 3.8) is 0 Å². The average molecular weight is 186 g/mol. The summed E-state index contributed by atoms with van der Waals surface area (Å²) >= 11 is 0. The summed E-state index contributed by atoms with van der Waals surface area (Å²) in [6.07, 6.45) is 0. The van der Waals surface area contributed by atoms with Crippen LogP contribution in [0, 0.1) is 0 Å². The predicted molar refractivity (Wildman–Crippen MR) is 59.4 cm³/mol. The Kier molecular flexibility index (Phi) is 2.51. The summed E-state index contributed by atoms with van der Waals surface area (Å²) in [4.78, 5) is 0. The SMILES string of the molecule is CC(CO)c1ccc2ccccc2c1. The Balaban J connectivity index is 2.51. The van der Waals surface area contributed by atoms with Gasteiger partial charge in [-0.1, -0.05) is 49.4 Å². The van der Waals surface area contributed by atoms with E-state index >= 15 is 0 Å². The third-order valence-electron chi connectivity index (χ3n) is 2.62. The first kappa shape index (κ1) is 9.22. The Hall–Kier alpha value is -1.34. The average Bonchev–Trinajstić information content (AvgIpc) is 2.27. The Labute approximate surface area is 84.0 Å². The number of hydrogen-bond acceptors (Lipinski definition) is 1. The van der Waals surface area contributed by atoms with E-state index in [0.717, 1.165) is 0 Å². The van der Waals surface area contributed by atoms with Gasteiger partial charge in [-0.2, -0.15) is 0 Å². The van der Waals surface area contributed by atoms with Gasteiger partial charge in [-0.3, -0.25) is 0 Å². The molecule has 2 aromatic carbocycles. The highest BCUT2D eigenvalue weighted by Crippen LogP contribution is 2.20. The molecule has 1 unspecified atom stereocenters. The molecular formula is C13H14O. The predicted octanol–water partition coefficient (Wildman–Crippen LogP) is 2.94. The van der Waals surface area contributed by atoms with Crippen LogP contribution in [-0.4, -0.2) is 11.7 Å². The number of benzene rings is 2. The van der Waals surface area contributed by atoms with Crippen molar-refractivity contribution < 1.29 is 5.11 Å². The van der Waals surface area contributed by atoms with Gasteiger partial charge in [-0.15, -0.1) is 0 Å². The number of aliphatic hydroxyl groups is 1. The lowest BCUT2D eigenvalue weighted by Gasteiger charge is -2.08. The third-order valence-corrected chi connectivity index (χ3v) is 2.62. The van der Waals surface area contributed by atoms with E-state index < -0.39 is 0 Å². The zero-order chi connectivity index (χ0) is 9.97. The summed E-state index contributed by atoms with van der Waals surface area (Å²) in [5.74, 6) is 0.222. The van der Waals surface area contributed by atoms with Gasteiger partial charge in [0.1, 0.15) is 0 Å². The molecule has 0 aliphatic rings. The lowest BCUT2D eigenvalue weighted by Crippen LogP contribution is -1.98. The molecule has 0 bridgehead atoms. The zero-order valence-electron chi connectivity index (χ0n) is 8.27. The van der Waals surface area contributed by atoms with Crippen LogP contribution in [0.1, 0.15) is 18.4 Å². The first-order valence-corrected chi connectivity index (χ1v) is 4.91. The minimum Gasteiger partial charge on any atom is -0.396 e. The highest BCUT2D eigenvalue weighted by atomic mass is 16.3. The van der Waals surface area contributed by atoms with E-state index in [1.165, 1.54) is 16.3 Å². The summed E-state index contributed by atoms with van der Waals surface area (Å²) in [6.45, 7) is 2.24. The Morgan fingerprint density at radius 3 is 2.50 bits per heavy atom. The molecule has 0 saturated heterocycles. The molecular weight excluding hydrogens is 172 g/mol. The van der Waals surface area contributed by atoms with E-state index in [2.05, 4.69) is 30.3 Å². The summed E-state index contributed by atoms with van der Waals surface area (Å²) in [5.41, 5.74) is 1.20. The third kappa shape index (κ3) is 1.64. The van der Waals surface area contributed by atoms with Crippen LogP contribution in [0.5, 0.6) is 0 Å². The summed E-state index contributed by atoms with van der Waals surface area (Å²) in [5, 5.41) is 11.6. The standard InChI is InChI=1S/C13H14O/c1-10(9-14)12-7-6-11-4-2-3-5-13(11)8-12/h2-8,10,14H,9H2,1H3. The Morgan fingerprint density at radius 1 is 1.07 bits per heavy atom. The molecule has 0 saturated carbocycles. The maximum Gasteiger partial charge on any atom is 0.0497 e. The minimum absolute atomic E-state index is 0.207. The molecule has 14 heavy (non-hydrogen) atoms. The van der Waals surface area contributed by atoms with Gasteiger partial charge in [0.2, 0.25) is 0 Å². The second-order valence-corrected chi connectivity index (χ2v) is 3.69. The molecule has 0 aliphatic heterocycles. The van der Waals surface area contributed by atoms with Crippen molar-refractivity contribution in [2.75, 3.05) is 6.61 Å². The molecule has 0 aromatic heterocycles. The van der Waals surface area contributed by atoms with Gasteiger partial charge in [-0.25, -0.2) is 0 Å². The van der Waals surface area contributed by atoms with Crippen molar-refractivity contribution >= 4 is 10.8 Å². The molecule has 0 radical (unpaired) electrons. The molecule has 0 fully saturated rings. The lowest BCUT2D eigenvalue weighted by molar-refractivity contribution is 0.273. The number of aliphatic hydroxyl groups excluding tert-OH is 1. The van der Waals surface area contributed by atoms with Crippen molar-refractivity contribution in [1.29, 1.82) is 0 Å². The zero-order valence-corrected chi connectivity index (χ0v) is 8.27. The normalized spacial score (nSPS) is 13.0. The quantitative estimate of drug-likeness (QED) is 0.764. The van der Waals surface area contributed by atoms with Gasteiger partial charge in [0.05, 0.1) is 0 Å². The highest BCUT2D eigenvalue weighted by Gasteiger charge is 2.03. The van der Waals surface area contributed by atoms with Crippen molar-refractivity contribution in [3.05, 3.63) is 48.0 Å². The molecule has 0 amide bonds. The fourth-order valence-electron chi connectivity index (χ4n) is 1.62. The number of fused-ring (bicyclic) bond motifs is 1. The van der Waals surface area contributed by atoms with E-state index in [0.29, 0.717) is 0 Å². The first-order valence-electron chi connectivity index (χ1n) is 4.91. The largest absolute Gasteiger partial charge is 0.396 e. The molecule has 1 heteroatoms. The van der Waals surface area contributed by atoms with E-state index in [9.17, 15) is 0 Å². The van der Waals surface area contributed by atoms with E-state index in [4.69, 9.17) is 5.11 Å². The van der Waals surface area contributed by atoms with Crippen LogP contribution in [0.2, 0.25) is 0 Å². The maximum absolute atomic E-state index is 9.06. The summed E-state index contributed by atoms with van der Waals surface area (Å²) in [7, 11) is 0. The lowest BCUT2D eigenvalue weighted by atomic mass is 9.99. The van der Waals surface area contributed by atoms with Crippen LogP contribution in [0.3, 0.4) is 0 Å². The molecule has 1 N–H and O–H groups in total. The smallest absolute Gasteiger partial charge is 0.0497 e.